The number of hydrogen-bond donors (Lipinski definition) is 0. The van der Waals surface area contributed by atoms with E-state index in [9.17, 15) is 9.18 Å². The summed E-state index contributed by atoms with van der Waals surface area (Å²) < 4.78 is 26.4. The number of nitriles is 1. The molecule has 3 aromatic rings. The molecule has 1 aliphatic heterocycles. The van der Waals surface area contributed by atoms with Gasteiger partial charge in [0, 0.05) is 18.8 Å². The quantitative estimate of drug-likeness (QED) is 0.683. The minimum absolute atomic E-state index is 0.0142. The van der Waals surface area contributed by atoms with Crippen molar-refractivity contribution < 1.29 is 18.7 Å². The second-order valence-electron chi connectivity index (χ2n) is 6.29. The molecule has 6 heteroatoms. The van der Waals surface area contributed by atoms with E-state index in [1.165, 1.54) is 12.1 Å². The van der Waals surface area contributed by atoms with Crippen molar-refractivity contribution >= 4 is 5.78 Å². The van der Waals surface area contributed by atoms with E-state index in [0.29, 0.717) is 5.56 Å². The van der Waals surface area contributed by atoms with Gasteiger partial charge in [-0.1, -0.05) is 12.1 Å². The van der Waals surface area contributed by atoms with E-state index in [0.717, 1.165) is 11.1 Å². The van der Waals surface area contributed by atoms with Gasteiger partial charge >= 0.3 is 0 Å². The Hall–Kier alpha value is -3.72. The van der Waals surface area contributed by atoms with Gasteiger partial charge in [-0.2, -0.15) is 9.65 Å². The second-order valence-corrected chi connectivity index (χ2v) is 6.29. The number of halogens is 1. The van der Waals surface area contributed by atoms with Crippen molar-refractivity contribution in [2.45, 2.75) is 12.5 Å². The molecule has 0 unspecified atom stereocenters. The number of fused-ring (bicyclic) bond motifs is 1. The zero-order valence-electron chi connectivity index (χ0n) is 14.8. The molecule has 4 rings (SSSR count). The van der Waals surface area contributed by atoms with E-state index in [-0.39, 0.29) is 35.9 Å². The maximum atomic E-state index is 15.0. The van der Waals surface area contributed by atoms with E-state index >= 15 is 0 Å². The fourth-order valence-corrected chi connectivity index (χ4v) is 3.10. The van der Waals surface area contributed by atoms with E-state index in [4.69, 9.17) is 14.7 Å². The lowest BCUT2D eigenvalue weighted by atomic mass is 10.0. The molecule has 1 aliphatic rings. The van der Waals surface area contributed by atoms with Crippen molar-refractivity contribution in [3.05, 3.63) is 89.0 Å². The molecular weight excluding hydrogens is 359 g/mol. The molecule has 1 atom stereocenters. The molecular formula is C22H15FN2O3. The van der Waals surface area contributed by atoms with Crippen LogP contribution in [0, 0.1) is 17.1 Å². The highest BCUT2D eigenvalue weighted by Crippen LogP contribution is 2.37. The predicted octanol–water partition coefficient (Wildman–Crippen LogP) is 4.23. The Morgan fingerprint density at radius 2 is 1.79 bits per heavy atom. The Kier molecular flexibility index (Phi) is 4.73. The number of pyridine rings is 1. The average Bonchev–Trinajstić information content (AvgIpc) is 2.75. The molecule has 1 aromatic heterocycles. The maximum Gasteiger partial charge on any atom is 0.207 e. The second kappa shape index (κ2) is 7.49. The van der Waals surface area contributed by atoms with Crippen molar-refractivity contribution in [2.24, 2.45) is 0 Å². The average molecular weight is 374 g/mol. The van der Waals surface area contributed by atoms with Crippen LogP contribution in [-0.4, -0.2) is 17.4 Å². The van der Waals surface area contributed by atoms with E-state index < -0.39 is 11.9 Å². The van der Waals surface area contributed by atoms with Crippen LogP contribution < -0.4 is 9.47 Å². The molecule has 0 amide bonds. The van der Waals surface area contributed by atoms with Crippen LogP contribution in [-0.2, 0) is 0 Å². The van der Waals surface area contributed by atoms with Gasteiger partial charge in [-0.15, -0.1) is 0 Å². The third-order valence-corrected chi connectivity index (χ3v) is 4.53. The molecule has 0 spiro atoms. The number of rotatable bonds is 4. The fourth-order valence-electron chi connectivity index (χ4n) is 3.10. The fraction of sp³-hybridized carbons (Fsp3) is 0.136. The summed E-state index contributed by atoms with van der Waals surface area (Å²) in [6.07, 6.45) is 2.86. The van der Waals surface area contributed by atoms with E-state index in [2.05, 4.69) is 11.1 Å². The number of ether oxygens (including phenoxy) is 2. The van der Waals surface area contributed by atoms with Crippen molar-refractivity contribution in [1.29, 1.82) is 5.26 Å². The third kappa shape index (κ3) is 3.30. The summed E-state index contributed by atoms with van der Waals surface area (Å²) in [6.45, 7) is 0.148. The lowest BCUT2D eigenvalue weighted by Crippen LogP contribution is -2.17. The number of ketones is 1. The van der Waals surface area contributed by atoms with Gasteiger partial charge in [0.1, 0.15) is 6.10 Å². The molecule has 0 aliphatic carbocycles. The van der Waals surface area contributed by atoms with Crippen LogP contribution in [0.15, 0.2) is 60.9 Å². The molecule has 5 nitrogen and oxygen atoms in total. The summed E-state index contributed by atoms with van der Waals surface area (Å²) in [5.74, 6) is -0.926. The number of nitrogens with zero attached hydrogens (tertiary/aromatic N) is 2. The summed E-state index contributed by atoms with van der Waals surface area (Å²) in [4.78, 5) is 16.0. The molecule has 0 saturated heterocycles. The van der Waals surface area contributed by atoms with Crippen LogP contribution >= 0.6 is 0 Å². The van der Waals surface area contributed by atoms with Crippen molar-refractivity contribution in [3.8, 4) is 17.6 Å². The van der Waals surface area contributed by atoms with Gasteiger partial charge in [0.25, 0.3) is 0 Å². The number of carbonyl (C=O) groups is 1. The van der Waals surface area contributed by atoms with Crippen LogP contribution in [0.3, 0.4) is 0 Å². The van der Waals surface area contributed by atoms with Gasteiger partial charge in [0.15, 0.2) is 17.3 Å². The number of carbonyl (C=O) groups excluding carboxylic acids is 1. The number of aromatic nitrogens is 1. The number of hydrogen-bond acceptors (Lipinski definition) is 5. The summed E-state index contributed by atoms with van der Waals surface area (Å²) in [6, 6.07) is 15.5. The largest absolute Gasteiger partial charge is 0.489 e. The molecule has 0 radical (unpaired) electrons. The van der Waals surface area contributed by atoms with Gasteiger partial charge in [-0.05, 0) is 47.5 Å². The van der Waals surface area contributed by atoms with Crippen LogP contribution in [0.2, 0.25) is 0 Å². The maximum absolute atomic E-state index is 15.0. The minimum atomic E-state index is -0.696. The Balaban J connectivity index is 1.74. The summed E-state index contributed by atoms with van der Waals surface area (Å²) in [5, 5.41) is 9.01. The van der Waals surface area contributed by atoms with Crippen LogP contribution in [0.5, 0.6) is 11.5 Å². The lowest BCUT2D eigenvalue weighted by Gasteiger charge is -2.23. The molecule has 0 saturated carbocycles. The summed E-state index contributed by atoms with van der Waals surface area (Å²) >= 11 is 0. The van der Waals surface area contributed by atoms with Gasteiger partial charge in [0.05, 0.1) is 23.8 Å². The van der Waals surface area contributed by atoms with Crippen molar-refractivity contribution in [3.63, 3.8) is 0 Å². The minimum Gasteiger partial charge on any atom is -0.489 e. The van der Waals surface area contributed by atoms with E-state index in [1.807, 2.05) is 0 Å². The molecule has 0 fully saturated rings. The summed E-state index contributed by atoms with van der Waals surface area (Å²) in [7, 11) is 0. The first kappa shape index (κ1) is 17.7. The Labute approximate surface area is 161 Å². The molecule has 28 heavy (non-hydrogen) atoms. The molecule has 138 valence electrons. The predicted molar refractivity (Wildman–Crippen MR) is 98.7 cm³/mol. The summed E-state index contributed by atoms with van der Waals surface area (Å²) in [5.41, 5.74) is 2.27. The topological polar surface area (TPSA) is 72.2 Å². The molecule has 0 N–H and O–H groups in total. The Morgan fingerprint density at radius 1 is 1.07 bits per heavy atom. The zero-order chi connectivity index (χ0) is 19.5. The van der Waals surface area contributed by atoms with Gasteiger partial charge in [-0.25, -0.2) is 0 Å². The number of benzene rings is 2. The van der Waals surface area contributed by atoms with E-state index in [1.54, 1.807) is 48.8 Å². The SMILES string of the molecule is N#Cc1ccc([C@@H](Oc2ccc3c(c2F)OCCC3=O)c2ccncc2)cc1. The smallest absolute Gasteiger partial charge is 0.207 e. The third-order valence-electron chi connectivity index (χ3n) is 4.53. The van der Waals surface area contributed by atoms with Crippen LogP contribution in [0.4, 0.5) is 4.39 Å². The first-order valence-corrected chi connectivity index (χ1v) is 8.72. The van der Waals surface area contributed by atoms with Crippen LogP contribution in [0.1, 0.15) is 39.6 Å². The molecule has 0 bridgehead atoms. The monoisotopic (exact) mass is 374 g/mol. The van der Waals surface area contributed by atoms with Gasteiger partial charge in [-0.3, -0.25) is 9.78 Å². The standard InChI is InChI=1S/C22H15FN2O3/c23-20-19(6-5-17-18(26)9-12-27-22(17)20)28-21(16-7-10-25-11-8-16)15-3-1-14(13-24)2-4-15/h1-8,10-11,21H,9,12H2/t21-/m1/s1. The Bertz CT molecular complexity index is 1060. The van der Waals surface area contributed by atoms with Crippen molar-refractivity contribution in [2.75, 3.05) is 6.61 Å². The van der Waals surface area contributed by atoms with Gasteiger partial charge < -0.3 is 9.47 Å². The zero-order valence-corrected chi connectivity index (χ0v) is 14.8. The highest BCUT2D eigenvalue weighted by Gasteiger charge is 2.26. The highest BCUT2D eigenvalue weighted by atomic mass is 19.1. The normalized spacial score (nSPS) is 13.8. The molecule has 2 heterocycles. The first-order chi connectivity index (χ1) is 13.7. The van der Waals surface area contributed by atoms with Gasteiger partial charge in [0.2, 0.25) is 5.82 Å². The lowest BCUT2D eigenvalue weighted by molar-refractivity contribution is 0.0928. The molecule has 2 aromatic carbocycles. The highest BCUT2D eigenvalue weighted by molar-refractivity contribution is 5.99. The first-order valence-electron chi connectivity index (χ1n) is 8.72. The van der Waals surface area contributed by atoms with Crippen molar-refractivity contribution in [1.82, 2.24) is 4.98 Å². The Morgan fingerprint density at radius 3 is 2.50 bits per heavy atom. The number of Topliss-reactive ketones (excluding diaryl/α,β-unsaturated/α-hetero) is 1. The van der Waals surface area contributed by atoms with Crippen LogP contribution in [0.25, 0.3) is 0 Å².